The number of carboxylic acids is 1. The van der Waals surface area contributed by atoms with Crippen LogP contribution in [-0.4, -0.2) is 52.5 Å². The van der Waals surface area contributed by atoms with Crippen LogP contribution in [0.15, 0.2) is 0 Å². The molecule has 2 rings (SSSR count). The number of rotatable bonds is 6. The summed E-state index contributed by atoms with van der Waals surface area (Å²) in [4.78, 5) is 11.0. The molecule has 1 aliphatic heterocycles. The molecule has 0 spiro atoms. The van der Waals surface area contributed by atoms with Crippen molar-refractivity contribution in [1.29, 1.82) is 0 Å². The van der Waals surface area contributed by atoms with Crippen molar-refractivity contribution >= 4 is 5.97 Å². The summed E-state index contributed by atoms with van der Waals surface area (Å²) in [6, 6.07) is 0. The summed E-state index contributed by atoms with van der Waals surface area (Å²) in [6.45, 7) is 1.76. The number of carboxylic acid groups (broad SMARTS) is 1. The smallest absolute Gasteiger partial charge is 0.358 e. The monoisotopic (exact) mass is 255 g/mol. The summed E-state index contributed by atoms with van der Waals surface area (Å²) < 4.78 is 12.1. The van der Waals surface area contributed by atoms with Gasteiger partial charge in [-0.05, 0) is 12.8 Å². The fourth-order valence-corrected chi connectivity index (χ4v) is 2.07. The van der Waals surface area contributed by atoms with Gasteiger partial charge in [0.25, 0.3) is 0 Å². The van der Waals surface area contributed by atoms with Gasteiger partial charge >= 0.3 is 5.97 Å². The zero-order valence-corrected chi connectivity index (χ0v) is 10.3. The van der Waals surface area contributed by atoms with Gasteiger partial charge in [-0.3, -0.25) is 0 Å². The van der Waals surface area contributed by atoms with E-state index in [0.29, 0.717) is 25.3 Å². The van der Waals surface area contributed by atoms with Gasteiger partial charge in [-0.1, -0.05) is 5.21 Å². The van der Waals surface area contributed by atoms with E-state index >= 15 is 0 Å². The molecule has 1 aliphatic rings. The second-order valence-corrected chi connectivity index (χ2v) is 4.25. The second kappa shape index (κ2) is 5.92. The molecule has 1 aromatic rings. The number of hydrogen-bond acceptors (Lipinski definition) is 5. The predicted octanol–water partition coefficient (Wildman–Crippen LogP) is 0.344. The van der Waals surface area contributed by atoms with Crippen molar-refractivity contribution in [3.63, 3.8) is 0 Å². The molecule has 0 aromatic carbocycles. The fourth-order valence-electron chi connectivity index (χ4n) is 2.07. The lowest BCUT2D eigenvalue weighted by Crippen LogP contribution is -2.19. The highest BCUT2D eigenvalue weighted by atomic mass is 16.5. The molecule has 1 atom stereocenters. The van der Waals surface area contributed by atoms with Gasteiger partial charge in [-0.15, -0.1) is 5.10 Å². The van der Waals surface area contributed by atoms with E-state index < -0.39 is 5.97 Å². The normalized spacial score (nSPS) is 19.3. The molecule has 18 heavy (non-hydrogen) atoms. The van der Waals surface area contributed by atoms with Crippen LogP contribution in [0.2, 0.25) is 0 Å². The average molecular weight is 255 g/mol. The molecule has 2 heterocycles. The van der Waals surface area contributed by atoms with E-state index in [9.17, 15) is 4.79 Å². The maximum Gasteiger partial charge on any atom is 0.358 e. The number of methoxy groups -OCH3 is 1. The molecule has 7 heteroatoms. The second-order valence-electron chi connectivity index (χ2n) is 4.25. The number of aromatic nitrogens is 3. The van der Waals surface area contributed by atoms with Crippen LogP contribution in [0.25, 0.3) is 0 Å². The number of carbonyl (C=O) groups is 1. The molecular formula is C11H17N3O4. The molecule has 1 unspecified atom stereocenters. The summed E-state index contributed by atoms with van der Waals surface area (Å²) >= 11 is 0. The lowest BCUT2D eigenvalue weighted by molar-refractivity contribution is 0.0687. The molecule has 0 amide bonds. The van der Waals surface area contributed by atoms with Gasteiger partial charge in [0, 0.05) is 20.1 Å². The lowest BCUT2D eigenvalue weighted by atomic mass is 10.2. The minimum absolute atomic E-state index is 0.00467. The third-order valence-corrected chi connectivity index (χ3v) is 2.98. The molecule has 7 nitrogen and oxygen atoms in total. The minimum atomic E-state index is -1.06. The van der Waals surface area contributed by atoms with Crippen molar-refractivity contribution < 1.29 is 19.4 Å². The van der Waals surface area contributed by atoms with Gasteiger partial charge in [0.05, 0.1) is 24.9 Å². The first-order valence-corrected chi connectivity index (χ1v) is 5.98. The number of hydrogen-bond donors (Lipinski definition) is 1. The van der Waals surface area contributed by atoms with Crippen molar-refractivity contribution in [2.45, 2.75) is 31.9 Å². The van der Waals surface area contributed by atoms with E-state index in [0.717, 1.165) is 19.4 Å². The Morgan fingerprint density at radius 3 is 3.11 bits per heavy atom. The summed E-state index contributed by atoms with van der Waals surface area (Å²) in [7, 11) is 1.58. The number of nitrogens with zero attached hydrogens (tertiary/aromatic N) is 3. The summed E-state index contributed by atoms with van der Waals surface area (Å²) in [5.41, 5.74) is 0.602. The van der Waals surface area contributed by atoms with E-state index in [1.807, 2.05) is 0 Å². The Morgan fingerprint density at radius 2 is 2.50 bits per heavy atom. The molecule has 1 saturated heterocycles. The Morgan fingerprint density at radius 1 is 1.67 bits per heavy atom. The van der Waals surface area contributed by atoms with Crippen molar-refractivity contribution in [3.05, 3.63) is 11.4 Å². The highest BCUT2D eigenvalue weighted by molar-refractivity contribution is 5.86. The van der Waals surface area contributed by atoms with E-state index in [4.69, 9.17) is 14.6 Å². The van der Waals surface area contributed by atoms with E-state index in [1.54, 1.807) is 11.8 Å². The Kier molecular flexibility index (Phi) is 4.27. The SMILES string of the molecule is COCCc1c(C(=O)O)nnn1CC1CCCO1. The lowest BCUT2D eigenvalue weighted by Gasteiger charge is -2.11. The van der Waals surface area contributed by atoms with Crippen molar-refractivity contribution in [2.24, 2.45) is 0 Å². The molecule has 0 radical (unpaired) electrons. The Hall–Kier alpha value is -1.47. The van der Waals surface area contributed by atoms with Gasteiger partial charge in [-0.25, -0.2) is 9.48 Å². The van der Waals surface area contributed by atoms with Crippen LogP contribution in [0.3, 0.4) is 0 Å². The summed E-state index contributed by atoms with van der Waals surface area (Å²) in [5.74, 6) is -1.06. The maximum absolute atomic E-state index is 11.0. The van der Waals surface area contributed by atoms with Crippen LogP contribution in [0.1, 0.15) is 29.0 Å². The van der Waals surface area contributed by atoms with Crippen LogP contribution in [-0.2, 0) is 22.4 Å². The van der Waals surface area contributed by atoms with Gasteiger partial charge in [0.1, 0.15) is 0 Å². The quantitative estimate of drug-likeness (QED) is 0.789. The van der Waals surface area contributed by atoms with Crippen LogP contribution in [0, 0.1) is 0 Å². The van der Waals surface area contributed by atoms with Gasteiger partial charge in [0.15, 0.2) is 5.69 Å². The Labute approximate surface area is 105 Å². The van der Waals surface area contributed by atoms with Crippen molar-refractivity contribution in [1.82, 2.24) is 15.0 Å². The van der Waals surface area contributed by atoms with Crippen LogP contribution >= 0.6 is 0 Å². The first-order valence-electron chi connectivity index (χ1n) is 5.98. The molecule has 0 bridgehead atoms. The zero-order chi connectivity index (χ0) is 13.0. The molecular weight excluding hydrogens is 238 g/mol. The van der Waals surface area contributed by atoms with E-state index in [-0.39, 0.29) is 11.8 Å². The van der Waals surface area contributed by atoms with E-state index in [2.05, 4.69) is 10.3 Å². The van der Waals surface area contributed by atoms with Crippen LogP contribution in [0.4, 0.5) is 0 Å². The van der Waals surface area contributed by atoms with Gasteiger partial charge in [-0.2, -0.15) is 0 Å². The Bertz CT molecular complexity index is 412. The highest BCUT2D eigenvalue weighted by Crippen LogP contribution is 2.16. The molecule has 100 valence electrons. The molecule has 0 saturated carbocycles. The first-order chi connectivity index (χ1) is 8.72. The number of aromatic carboxylic acids is 1. The molecule has 1 fully saturated rings. The minimum Gasteiger partial charge on any atom is -0.476 e. The topological polar surface area (TPSA) is 86.5 Å². The Balaban J connectivity index is 2.14. The third kappa shape index (κ3) is 2.85. The first kappa shape index (κ1) is 13.0. The molecule has 0 aliphatic carbocycles. The van der Waals surface area contributed by atoms with Gasteiger partial charge in [0.2, 0.25) is 0 Å². The summed E-state index contributed by atoms with van der Waals surface area (Å²) in [6.07, 6.45) is 2.61. The molecule has 1 N–H and O–H groups in total. The van der Waals surface area contributed by atoms with Gasteiger partial charge < -0.3 is 14.6 Å². The molecule has 1 aromatic heterocycles. The van der Waals surface area contributed by atoms with Crippen LogP contribution < -0.4 is 0 Å². The summed E-state index contributed by atoms with van der Waals surface area (Å²) in [5, 5.41) is 16.7. The zero-order valence-electron chi connectivity index (χ0n) is 10.3. The van der Waals surface area contributed by atoms with Crippen molar-refractivity contribution in [2.75, 3.05) is 20.3 Å². The highest BCUT2D eigenvalue weighted by Gasteiger charge is 2.22. The van der Waals surface area contributed by atoms with Crippen LogP contribution in [0.5, 0.6) is 0 Å². The largest absolute Gasteiger partial charge is 0.476 e. The van der Waals surface area contributed by atoms with Crippen molar-refractivity contribution in [3.8, 4) is 0 Å². The average Bonchev–Trinajstić information content (AvgIpc) is 2.96. The maximum atomic E-state index is 11.0. The fraction of sp³-hybridized carbons (Fsp3) is 0.727. The standard InChI is InChI=1S/C11H17N3O4/c1-17-6-4-9-10(11(15)16)12-13-14(9)7-8-3-2-5-18-8/h8H,2-7H2,1H3,(H,15,16). The number of ether oxygens (including phenoxy) is 2. The van der Waals surface area contributed by atoms with E-state index in [1.165, 1.54) is 0 Å². The third-order valence-electron chi connectivity index (χ3n) is 2.98. The predicted molar refractivity (Wildman–Crippen MR) is 61.5 cm³/mol.